The van der Waals surface area contributed by atoms with Crippen molar-refractivity contribution >= 4 is 33.2 Å². The highest BCUT2D eigenvalue weighted by Gasteiger charge is 2.41. The number of hydrogen-bond donors (Lipinski definition) is 3. The Labute approximate surface area is 266 Å². The number of piperazine rings is 1. The molecule has 0 spiro atoms. The lowest BCUT2D eigenvalue weighted by Crippen LogP contribution is -2.57. The van der Waals surface area contributed by atoms with E-state index >= 15 is 4.39 Å². The minimum absolute atomic E-state index is 0.0642. The molecule has 1 amide bonds. The van der Waals surface area contributed by atoms with E-state index < -0.39 is 58.3 Å². The molecular weight excluding hydrogens is 636 g/mol. The van der Waals surface area contributed by atoms with Crippen molar-refractivity contribution in [2.24, 2.45) is 11.7 Å². The summed E-state index contributed by atoms with van der Waals surface area (Å²) in [6.07, 6.45) is -4.21. The Bertz CT molecular complexity index is 1450. The minimum Gasteiger partial charge on any atom is -0.378 e. The van der Waals surface area contributed by atoms with Crippen molar-refractivity contribution in [1.29, 1.82) is 0 Å². The van der Waals surface area contributed by atoms with Gasteiger partial charge >= 0.3 is 6.18 Å². The van der Waals surface area contributed by atoms with Crippen LogP contribution in [0.25, 0.3) is 0 Å². The molecule has 248 valence electrons. The number of alkyl halides is 3. The van der Waals surface area contributed by atoms with Crippen LogP contribution < -0.4 is 16.4 Å². The van der Waals surface area contributed by atoms with E-state index in [2.05, 4.69) is 10.6 Å². The predicted octanol–water partition coefficient (Wildman–Crippen LogP) is 4.97. The Hall–Kier alpha value is -2.29. The highest BCUT2D eigenvalue weighted by molar-refractivity contribution is 7.89. The number of nitrogens with zero attached hydrogens (tertiary/aromatic N) is 1. The highest BCUT2D eigenvalue weighted by atomic mass is 35.5. The molecule has 0 aromatic heterocycles. The fourth-order valence-electron chi connectivity index (χ4n) is 6.96. The summed E-state index contributed by atoms with van der Waals surface area (Å²) in [5.41, 5.74) is 7.68. The Morgan fingerprint density at radius 1 is 1.18 bits per heavy atom. The van der Waals surface area contributed by atoms with Crippen molar-refractivity contribution < 1.29 is 35.5 Å². The maximum Gasteiger partial charge on any atom is 0.391 e. The quantitative estimate of drug-likeness (QED) is 0.324. The number of rotatable bonds is 9. The largest absolute Gasteiger partial charge is 0.391 e. The van der Waals surface area contributed by atoms with Crippen LogP contribution in [0, 0.1) is 11.7 Å². The predicted molar refractivity (Wildman–Crippen MR) is 164 cm³/mol. The molecule has 4 N–H and O–H groups in total. The number of ether oxygens (including phenoxy) is 1. The molecule has 3 aliphatic rings. The van der Waals surface area contributed by atoms with Crippen LogP contribution in [0.5, 0.6) is 0 Å². The Morgan fingerprint density at radius 2 is 1.93 bits per heavy atom. The second-order valence-corrected chi connectivity index (χ2v) is 14.8. The van der Waals surface area contributed by atoms with Gasteiger partial charge in [-0.3, -0.25) is 4.79 Å². The van der Waals surface area contributed by atoms with Crippen molar-refractivity contribution in [1.82, 2.24) is 9.62 Å². The summed E-state index contributed by atoms with van der Waals surface area (Å²) >= 11 is 6.09. The molecule has 8 nitrogen and oxygen atoms in total. The van der Waals surface area contributed by atoms with Gasteiger partial charge in [0.2, 0.25) is 15.9 Å². The molecule has 2 aromatic carbocycles. The topological polar surface area (TPSA) is 114 Å². The van der Waals surface area contributed by atoms with Crippen LogP contribution in [0.1, 0.15) is 55.6 Å². The normalized spacial score (nSPS) is 28.1. The van der Waals surface area contributed by atoms with E-state index in [1.54, 1.807) is 30.3 Å². The van der Waals surface area contributed by atoms with Crippen molar-refractivity contribution in [3.8, 4) is 0 Å². The van der Waals surface area contributed by atoms with Crippen molar-refractivity contribution in [2.45, 2.75) is 81.3 Å². The van der Waals surface area contributed by atoms with Crippen molar-refractivity contribution in [2.75, 3.05) is 30.8 Å². The minimum atomic E-state index is -4.40. The summed E-state index contributed by atoms with van der Waals surface area (Å²) in [7, 11) is -3.43. The van der Waals surface area contributed by atoms with Crippen LogP contribution in [0.4, 0.5) is 23.2 Å². The molecule has 0 aliphatic carbocycles. The van der Waals surface area contributed by atoms with E-state index in [0.717, 1.165) is 6.42 Å². The number of carbonyl (C=O) groups excluding carboxylic acids is 1. The Morgan fingerprint density at radius 3 is 2.67 bits per heavy atom. The van der Waals surface area contributed by atoms with Gasteiger partial charge in [-0.05, 0) is 74.3 Å². The molecule has 0 saturated carbocycles. The second kappa shape index (κ2) is 14.2. The first kappa shape index (κ1) is 34.1. The van der Waals surface area contributed by atoms with Crippen molar-refractivity contribution in [3.05, 3.63) is 64.4 Å². The highest BCUT2D eigenvalue weighted by Crippen LogP contribution is 2.39. The first-order valence-electron chi connectivity index (χ1n) is 15.3. The molecule has 14 heteroatoms. The molecule has 7 atom stereocenters. The number of halogens is 5. The van der Waals surface area contributed by atoms with E-state index in [0.29, 0.717) is 42.9 Å². The van der Waals surface area contributed by atoms with Gasteiger partial charge in [0.05, 0.1) is 24.3 Å². The number of amides is 1. The molecule has 5 rings (SSSR count). The van der Waals surface area contributed by atoms with Crippen LogP contribution >= 0.6 is 11.6 Å². The second-order valence-electron chi connectivity index (χ2n) is 12.3. The number of nitrogens with two attached hydrogens (primary N) is 1. The van der Waals surface area contributed by atoms with Crippen LogP contribution in [0.15, 0.2) is 42.5 Å². The monoisotopic (exact) mass is 674 g/mol. The number of hydrogen-bond acceptors (Lipinski definition) is 6. The van der Waals surface area contributed by atoms with Gasteiger partial charge in [0.25, 0.3) is 0 Å². The molecule has 5 unspecified atom stereocenters. The van der Waals surface area contributed by atoms with Gasteiger partial charge in [-0.2, -0.15) is 17.5 Å². The van der Waals surface area contributed by atoms with E-state index in [4.69, 9.17) is 22.1 Å². The van der Waals surface area contributed by atoms with Gasteiger partial charge in [0, 0.05) is 54.0 Å². The molecule has 3 saturated heterocycles. The van der Waals surface area contributed by atoms with Crippen LogP contribution in [0.2, 0.25) is 5.02 Å². The van der Waals surface area contributed by atoms with Crippen LogP contribution in [-0.2, 0) is 26.0 Å². The van der Waals surface area contributed by atoms with E-state index in [1.165, 1.54) is 16.4 Å². The molecule has 3 fully saturated rings. The summed E-state index contributed by atoms with van der Waals surface area (Å²) in [5.74, 6) is -2.13. The zero-order chi connectivity index (χ0) is 32.4. The Balaban J connectivity index is 1.33. The third kappa shape index (κ3) is 8.55. The van der Waals surface area contributed by atoms with Crippen LogP contribution in [0.3, 0.4) is 0 Å². The average molecular weight is 675 g/mol. The zero-order valence-corrected chi connectivity index (χ0v) is 26.3. The number of anilines is 1. The molecule has 45 heavy (non-hydrogen) atoms. The summed E-state index contributed by atoms with van der Waals surface area (Å²) < 4.78 is 87.5. The summed E-state index contributed by atoms with van der Waals surface area (Å²) in [6.45, 7) is 0.931. The molecule has 3 heterocycles. The zero-order valence-electron chi connectivity index (χ0n) is 24.7. The Kier molecular flexibility index (Phi) is 10.8. The number of benzene rings is 2. The first-order valence-corrected chi connectivity index (χ1v) is 17.3. The third-order valence-corrected chi connectivity index (χ3v) is 11.4. The number of fused-ring (bicyclic) bond motifs is 2. The fraction of sp³-hybridized carbons (Fsp3) is 0.581. The third-order valence-electron chi connectivity index (χ3n) is 9.19. The maximum absolute atomic E-state index is 15.2. The van der Waals surface area contributed by atoms with Gasteiger partial charge < -0.3 is 21.1 Å². The number of carbonyl (C=O) groups is 1. The average Bonchev–Trinajstić information content (AvgIpc) is 3.09. The summed E-state index contributed by atoms with van der Waals surface area (Å²) in [6, 6.07) is 9.55. The SMILES string of the molecule is N[C@H](C(=O)Nc1cccc(F)c1CCC1CNC2CCCS(=O)(=O)N1C2)[C@@H](c1ccc(Cl)cc1)C1CCOC(CC(F)(F)F)C1. The lowest BCUT2D eigenvalue weighted by atomic mass is 9.75. The van der Waals surface area contributed by atoms with Gasteiger partial charge in [0.15, 0.2) is 0 Å². The molecular formula is C31H39ClF4N4O4S. The van der Waals surface area contributed by atoms with Crippen molar-refractivity contribution in [3.63, 3.8) is 0 Å². The van der Waals surface area contributed by atoms with Gasteiger partial charge in [-0.1, -0.05) is 29.8 Å². The van der Waals surface area contributed by atoms with E-state index in [1.807, 2.05) is 0 Å². The summed E-state index contributed by atoms with van der Waals surface area (Å²) in [5, 5.41) is 6.63. The smallest absolute Gasteiger partial charge is 0.378 e. The van der Waals surface area contributed by atoms with E-state index in [9.17, 15) is 26.4 Å². The molecule has 3 aliphatic heterocycles. The summed E-state index contributed by atoms with van der Waals surface area (Å²) in [4.78, 5) is 13.7. The van der Waals surface area contributed by atoms with Crippen LogP contribution in [-0.4, -0.2) is 74.5 Å². The van der Waals surface area contributed by atoms with Gasteiger partial charge in [-0.15, -0.1) is 0 Å². The number of sulfonamides is 1. The maximum atomic E-state index is 15.2. The molecule has 0 radical (unpaired) electrons. The number of nitrogens with one attached hydrogen (secondary N) is 2. The molecule has 2 aromatic rings. The lowest BCUT2D eigenvalue weighted by Gasteiger charge is -2.38. The lowest BCUT2D eigenvalue weighted by molar-refractivity contribution is -0.169. The van der Waals surface area contributed by atoms with Gasteiger partial charge in [0.1, 0.15) is 5.82 Å². The van der Waals surface area contributed by atoms with E-state index in [-0.39, 0.29) is 48.5 Å². The van der Waals surface area contributed by atoms with Gasteiger partial charge in [-0.25, -0.2) is 12.8 Å². The molecule has 2 bridgehead atoms. The first-order chi connectivity index (χ1) is 21.3. The standard InChI is InChI=1S/C31H39ClF4N4O4S/c32-21-8-6-19(7-9-21)28(20-12-13-44-24(15-20)16-31(34,35)36)29(37)30(41)39-27-5-1-4-26(33)25(27)11-10-23-17-38-22-3-2-14-45(42,43)40(23)18-22/h1,4-9,20,22-24,28-29,38H,2-3,10-18,37H2,(H,39,41)/t20?,22?,23?,24?,28-,29-/m0/s1. The fourth-order valence-corrected chi connectivity index (χ4v) is 8.89.